The van der Waals surface area contributed by atoms with Crippen LogP contribution in [0, 0.1) is 23.7 Å². The Morgan fingerprint density at radius 2 is 1.23 bits per heavy atom. The lowest BCUT2D eigenvalue weighted by atomic mass is 9.55. The minimum atomic E-state index is -5.63. The van der Waals surface area contributed by atoms with Crippen molar-refractivity contribution in [2.45, 2.75) is 57.5 Å². The molecule has 0 saturated heterocycles. The molecule has 0 radical (unpaired) electrons. The molecule has 1 amide bonds. The van der Waals surface area contributed by atoms with Gasteiger partial charge in [0.2, 0.25) is 5.91 Å². The highest BCUT2D eigenvalue weighted by molar-refractivity contribution is 6.04. The number of halogens is 5. The predicted molar refractivity (Wildman–Crippen MR) is 217 cm³/mol. The van der Waals surface area contributed by atoms with Crippen LogP contribution in [0.2, 0.25) is 0 Å². The van der Waals surface area contributed by atoms with Crippen molar-refractivity contribution in [3.8, 4) is 11.5 Å². The lowest BCUT2D eigenvalue weighted by Gasteiger charge is -2.45. The minimum Gasteiger partial charge on any atom is -0.494 e. The smallest absolute Gasteiger partial charge is 0.453 e. The van der Waals surface area contributed by atoms with Crippen molar-refractivity contribution < 1.29 is 84.7 Å². The van der Waals surface area contributed by atoms with Gasteiger partial charge in [-0.15, -0.1) is 0 Å². The fourth-order valence-electron chi connectivity index (χ4n) is 6.70. The number of ether oxygens (including phenoxy) is 4. The summed E-state index contributed by atoms with van der Waals surface area (Å²) in [7, 11) is 1.56. The molecule has 1 aliphatic rings. The quantitative estimate of drug-likeness (QED) is 0.0239. The number of carboxylic acid groups (broad SMARTS) is 2. The third-order valence-corrected chi connectivity index (χ3v) is 10.0. The van der Waals surface area contributed by atoms with E-state index in [2.05, 4.69) is 10.6 Å². The normalized spacial score (nSPS) is 17.1. The van der Waals surface area contributed by atoms with Crippen molar-refractivity contribution in [1.82, 2.24) is 0 Å². The first-order valence-corrected chi connectivity index (χ1v) is 19.8. The molecule has 3 aromatic carbocycles. The fourth-order valence-corrected chi connectivity index (χ4v) is 6.70. The fraction of sp³-hybridized carbons (Fsp3) is 0.386. The van der Waals surface area contributed by atoms with Crippen molar-refractivity contribution in [1.29, 1.82) is 0 Å². The van der Waals surface area contributed by atoms with E-state index in [4.69, 9.17) is 18.9 Å². The maximum Gasteiger partial charge on any atom is 0.453 e. The first-order chi connectivity index (χ1) is 30.2. The molecule has 15 nitrogen and oxygen atoms in total. The van der Waals surface area contributed by atoms with E-state index in [1.165, 1.54) is 66.7 Å². The number of esters is 3. The summed E-state index contributed by atoms with van der Waals surface area (Å²) in [6.07, 6.45) is -2.57. The van der Waals surface area contributed by atoms with Crippen LogP contribution in [-0.2, 0) is 33.4 Å². The van der Waals surface area contributed by atoms with Crippen LogP contribution in [0.5, 0.6) is 11.5 Å². The number of benzene rings is 3. The van der Waals surface area contributed by atoms with E-state index < -0.39 is 90.1 Å². The molecule has 0 bridgehead atoms. The number of carbonyl (C=O) groups is 7. The molecular formula is C44H45F5N2O13. The van der Waals surface area contributed by atoms with Crippen LogP contribution in [-0.4, -0.2) is 90.7 Å². The van der Waals surface area contributed by atoms with Crippen molar-refractivity contribution in [2.24, 2.45) is 23.7 Å². The average molecular weight is 905 g/mol. The molecule has 0 aromatic heterocycles. The highest BCUT2D eigenvalue weighted by Gasteiger charge is 2.62. The van der Waals surface area contributed by atoms with Gasteiger partial charge in [-0.2, -0.15) is 22.0 Å². The highest BCUT2D eigenvalue weighted by Crippen LogP contribution is 2.48. The standard InChI is InChI=1S/C44H45F5N2O13/c1-25(52)34-36(39(55)56)35(37(34)40(57)58)38(54)51-30-23-28(22-29(24-30)50-2)41(59)63-20-6-4-3-5-19-62-33(53)17-10-26-8-13-32(14-9-26)64-42(60)27-11-15-31(16-12-27)61-21-7-18-43(45,46)44(47,48)49/h8-17,22-24,34-37,50H,3-7,18-21H2,1-2H3,(H,51,54)(H,55,56)(H,57,58)/b17-10+. The van der Waals surface area contributed by atoms with Crippen LogP contribution < -0.4 is 20.1 Å². The largest absolute Gasteiger partial charge is 0.494 e. The van der Waals surface area contributed by atoms with Crippen LogP contribution in [0.25, 0.3) is 6.08 Å². The lowest BCUT2D eigenvalue weighted by Crippen LogP contribution is -2.60. The van der Waals surface area contributed by atoms with Crippen molar-refractivity contribution in [2.75, 3.05) is 37.5 Å². The summed E-state index contributed by atoms with van der Waals surface area (Å²) in [5.41, 5.74) is 1.25. The zero-order chi connectivity index (χ0) is 47.2. The average Bonchev–Trinajstić information content (AvgIpc) is 3.21. The Bertz CT molecular complexity index is 2170. The molecule has 64 heavy (non-hydrogen) atoms. The number of alkyl halides is 5. The SMILES string of the molecule is CNc1cc(NC(=O)C2C(C(=O)O)C(C(C)=O)C2C(=O)O)cc(C(=O)OCCCCCCOC(=O)/C=C/c2ccc(OC(=O)c3ccc(OCCCC(F)(F)C(F)(F)F)cc3)cc2)c1. The maximum atomic E-state index is 13.1. The van der Waals surface area contributed by atoms with Crippen LogP contribution in [0.4, 0.5) is 33.3 Å². The van der Waals surface area contributed by atoms with Gasteiger partial charge in [-0.05, 0) is 105 Å². The van der Waals surface area contributed by atoms with Gasteiger partial charge in [0.1, 0.15) is 17.3 Å². The number of carboxylic acids is 2. The Hall–Kier alpha value is -6.86. The predicted octanol–water partition coefficient (Wildman–Crippen LogP) is 7.45. The van der Waals surface area contributed by atoms with Crippen LogP contribution in [0.1, 0.15) is 71.7 Å². The molecule has 344 valence electrons. The number of aliphatic carboxylic acids is 2. The number of ketones is 1. The van der Waals surface area contributed by atoms with Gasteiger partial charge in [-0.25, -0.2) is 14.4 Å². The van der Waals surface area contributed by atoms with Crippen LogP contribution in [0.15, 0.2) is 72.8 Å². The number of nitrogens with one attached hydrogen (secondary N) is 2. The topological polar surface area (TPSA) is 221 Å². The molecule has 3 aromatic rings. The van der Waals surface area contributed by atoms with Gasteiger partial charge in [0.15, 0.2) is 0 Å². The monoisotopic (exact) mass is 904 g/mol. The molecule has 1 aliphatic carbocycles. The molecule has 4 N–H and O–H groups in total. The summed E-state index contributed by atoms with van der Waals surface area (Å²) < 4.78 is 83.9. The van der Waals surface area contributed by atoms with Gasteiger partial charge in [-0.1, -0.05) is 12.1 Å². The Morgan fingerprint density at radius 3 is 1.80 bits per heavy atom. The second-order valence-electron chi connectivity index (χ2n) is 14.6. The van der Waals surface area contributed by atoms with Gasteiger partial charge in [0.05, 0.1) is 48.7 Å². The molecule has 1 saturated carbocycles. The van der Waals surface area contributed by atoms with E-state index in [0.717, 1.165) is 6.92 Å². The summed E-state index contributed by atoms with van der Waals surface area (Å²) in [6.45, 7) is 0.874. The van der Waals surface area contributed by atoms with Crippen molar-refractivity contribution in [3.63, 3.8) is 0 Å². The summed E-state index contributed by atoms with van der Waals surface area (Å²) in [5, 5.41) is 24.5. The molecule has 20 heteroatoms. The van der Waals surface area contributed by atoms with Crippen LogP contribution in [0.3, 0.4) is 0 Å². The number of rotatable bonds is 23. The van der Waals surface area contributed by atoms with Gasteiger partial charge in [0.25, 0.3) is 0 Å². The van der Waals surface area contributed by atoms with Crippen LogP contribution >= 0.6 is 0 Å². The number of carbonyl (C=O) groups excluding carboxylic acids is 5. The Kier molecular flexibility index (Phi) is 17.5. The zero-order valence-corrected chi connectivity index (χ0v) is 34.5. The Balaban J connectivity index is 1.12. The molecule has 1 fully saturated rings. The number of unbranched alkanes of at least 4 members (excludes halogenated alkanes) is 3. The van der Waals surface area contributed by atoms with Gasteiger partial charge < -0.3 is 39.8 Å². The van der Waals surface area contributed by atoms with Crippen molar-refractivity contribution >= 4 is 59.0 Å². The Labute approximate surface area is 362 Å². The summed E-state index contributed by atoms with van der Waals surface area (Å²) in [4.78, 5) is 86.3. The molecule has 0 aliphatic heterocycles. The van der Waals surface area contributed by atoms with E-state index in [1.807, 2.05) is 0 Å². The lowest BCUT2D eigenvalue weighted by molar-refractivity contribution is -0.284. The second kappa shape index (κ2) is 22.5. The second-order valence-corrected chi connectivity index (χ2v) is 14.6. The van der Waals surface area contributed by atoms with Gasteiger partial charge in [-0.3, -0.25) is 19.2 Å². The molecule has 0 spiro atoms. The number of hydrogen-bond donors (Lipinski definition) is 4. The minimum absolute atomic E-state index is 0.0544. The Morgan fingerprint density at radius 1 is 0.656 bits per heavy atom. The van der Waals surface area contributed by atoms with Crippen molar-refractivity contribution in [3.05, 3.63) is 89.5 Å². The number of Topliss-reactive ketones (excluding diaryl/α,β-unsaturated/α-hetero) is 1. The number of hydrogen-bond acceptors (Lipinski definition) is 12. The first kappa shape index (κ1) is 49.8. The number of anilines is 2. The van der Waals surface area contributed by atoms with E-state index in [9.17, 15) is 65.7 Å². The maximum absolute atomic E-state index is 13.1. The summed E-state index contributed by atoms with van der Waals surface area (Å²) in [6, 6.07) is 15.8. The third kappa shape index (κ3) is 13.8. The molecule has 0 heterocycles. The third-order valence-electron chi connectivity index (χ3n) is 10.0. The summed E-state index contributed by atoms with van der Waals surface area (Å²) >= 11 is 0. The van der Waals surface area contributed by atoms with E-state index in [0.29, 0.717) is 36.9 Å². The number of amides is 1. The zero-order valence-electron chi connectivity index (χ0n) is 34.5. The molecule has 2 unspecified atom stereocenters. The van der Waals surface area contributed by atoms with E-state index in [1.54, 1.807) is 19.2 Å². The highest BCUT2D eigenvalue weighted by atomic mass is 19.4. The van der Waals surface area contributed by atoms with Gasteiger partial charge >= 0.3 is 41.9 Å². The van der Waals surface area contributed by atoms with E-state index >= 15 is 0 Å². The first-order valence-electron chi connectivity index (χ1n) is 19.8. The van der Waals surface area contributed by atoms with E-state index in [-0.39, 0.29) is 48.1 Å². The molecule has 2 atom stereocenters. The molecular weight excluding hydrogens is 859 g/mol. The van der Waals surface area contributed by atoms with Gasteiger partial charge in [0, 0.05) is 36.8 Å². The summed E-state index contributed by atoms with van der Waals surface area (Å²) in [5.74, 6) is -16.9. The molecule has 4 rings (SSSR count).